The predicted octanol–water partition coefficient (Wildman–Crippen LogP) is 5.90. The number of anilines is 1. The zero-order valence-electron chi connectivity index (χ0n) is 21.2. The zero-order valence-corrected chi connectivity index (χ0v) is 23.5. The minimum absolute atomic E-state index is 0.0310. The highest BCUT2D eigenvalue weighted by Gasteiger charge is 2.27. The van der Waals surface area contributed by atoms with Crippen molar-refractivity contribution >= 4 is 52.3 Å². The number of hydrogen-bond donors (Lipinski definition) is 1. The maximum atomic E-state index is 13.6. The Morgan fingerprint density at radius 2 is 1.47 bits per heavy atom. The molecule has 0 aromatic heterocycles. The first-order valence-corrected chi connectivity index (χ1v) is 13.7. The molecule has 3 aromatic rings. The number of rotatable bonds is 10. The van der Waals surface area contributed by atoms with Gasteiger partial charge < -0.3 is 20.4 Å². The minimum atomic E-state index is -0.544. The van der Waals surface area contributed by atoms with Gasteiger partial charge in [0.1, 0.15) is 0 Å². The molecule has 1 fully saturated rings. The number of carbonyl (C=O) groups excluding carboxylic acids is 2. The Bertz CT molecular complexity index is 1260. The number of likely N-dealkylation sites (N-methyl/N-ethyl adjacent to an activating group) is 1. The van der Waals surface area contributed by atoms with Crippen LogP contribution in [0.1, 0.15) is 24.4 Å². The van der Waals surface area contributed by atoms with Gasteiger partial charge in [-0.1, -0.05) is 71.2 Å². The minimum Gasteiger partial charge on any atom is -0.368 e. The van der Waals surface area contributed by atoms with Gasteiger partial charge in [-0.2, -0.15) is 0 Å². The lowest BCUT2D eigenvalue weighted by Gasteiger charge is -2.34. The van der Waals surface area contributed by atoms with Crippen molar-refractivity contribution < 1.29 is 9.59 Å². The van der Waals surface area contributed by atoms with Gasteiger partial charge in [-0.15, -0.1) is 0 Å². The number of halogens is 3. The maximum Gasteiger partial charge on any atom is 0.242 e. The molecule has 2 N–H and O–H groups in total. The van der Waals surface area contributed by atoms with Gasteiger partial charge in [-0.25, -0.2) is 0 Å². The van der Waals surface area contributed by atoms with Crippen molar-refractivity contribution in [3.63, 3.8) is 0 Å². The van der Waals surface area contributed by atoms with Crippen LogP contribution in [-0.4, -0.2) is 61.4 Å². The molecule has 1 saturated heterocycles. The fraction of sp³-hybridized carbons (Fsp3) is 0.310. The molecule has 38 heavy (non-hydrogen) atoms. The molecule has 9 heteroatoms. The van der Waals surface area contributed by atoms with Gasteiger partial charge in [-0.05, 0) is 73.0 Å². The Labute approximate surface area is 238 Å². The second-order valence-electron chi connectivity index (χ2n) is 9.58. The summed E-state index contributed by atoms with van der Waals surface area (Å²) < 4.78 is 0. The number of hydrogen-bond acceptors (Lipinski definition) is 4. The van der Waals surface area contributed by atoms with E-state index in [1.54, 1.807) is 28.0 Å². The average molecular weight is 574 g/mol. The predicted molar refractivity (Wildman–Crippen MR) is 156 cm³/mol. The van der Waals surface area contributed by atoms with Crippen LogP contribution in [0.25, 0.3) is 11.1 Å². The van der Waals surface area contributed by atoms with Crippen LogP contribution in [0.4, 0.5) is 5.69 Å². The zero-order chi connectivity index (χ0) is 27.2. The lowest BCUT2D eigenvalue weighted by atomic mass is 9.99. The summed E-state index contributed by atoms with van der Waals surface area (Å²) in [6, 6.07) is 20.9. The summed E-state index contributed by atoms with van der Waals surface area (Å²) in [5.74, 6) is -0.679. The molecule has 6 nitrogen and oxygen atoms in total. The van der Waals surface area contributed by atoms with E-state index in [4.69, 9.17) is 40.5 Å². The van der Waals surface area contributed by atoms with Gasteiger partial charge >= 0.3 is 0 Å². The van der Waals surface area contributed by atoms with Crippen molar-refractivity contribution in [3.05, 3.63) is 87.4 Å². The number of carbonyl (C=O) groups is 2. The molecule has 3 aromatic carbocycles. The Kier molecular flexibility index (Phi) is 9.55. The topological polar surface area (TPSA) is 69.9 Å². The number of amides is 2. The fourth-order valence-electron chi connectivity index (χ4n) is 4.76. The Balaban J connectivity index is 1.57. The van der Waals surface area contributed by atoms with Crippen LogP contribution < -0.4 is 10.6 Å². The highest BCUT2D eigenvalue weighted by molar-refractivity contribution is 6.42. The van der Waals surface area contributed by atoms with E-state index < -0.39 is 5.91 Å². The highest BCUT2D eigenvalue weighted by atomic mass is 35.5. The van der Waals surface area contributed by atoms with Crippen LogP contribution in [-0.2, 0) is 9.59 Å². The van der Waals surface area contributed by atoms with Gasteiger partial charge in [0.2, 0.25) is 11.8 Å². The molecule has 1 heterocycles. The first-order chi connectivity index (χ1) is 18.2. The third kappa shape index (κ3) is 7.20. The SMILES string of the molecule is CN(C(=O)CN(CC(N)=O)c1ccc(Cl)c(Cl)c1)[C@@H](CN1CCCC1)c1ccc(-c2ccc(Cl)cc2)cc1. The summed E-state index contributed by atoms with van der Waals surface area (Å²) in [6.07, 6.45) is 2.31. The molecule has 0 radical (unpaired) electrons. The standard InChI is InChI=1S/C29H31Cl3N4O2/c1-34(29(38)19-36(18-28(33)37)24-12-13-25(31)26(32)16-24)27(17-35-14-2-3-15-35)22-6-4-20(5-7-22)21-8-10-23(30)11-9-21/h4-13,16,27H,2-3,14-15,17-19H2,1H3,(H2,33,37)/t27-/m0/s1. The smallest absolute Gasteiger partial charge is 0.242 e. The summed E-state index contributed by atoms with van der Waals surface area (Å²) in [4.78, 5) is 31.2. The lowest BCUT2D eigenvalue weighted by Crippen LogP contribution is -2.45. The first-order valence-electron chi connectivity index (χ1n) is 12.5. The summed E-state index contributed by atoms with van der Waals surface area (Å²) in [5.41, 5.74) is 9.30. The van der Waals surface area contributed by atoms with Crippen LogP contribution in [0.3, 0.4) is 0 Å². The van der Waals surface area contributed by atoms with Gasteiger partial charge in [-0.3, -0.25) is 9.59 Å². The lowest BCUT2D eigenvalue weighted by molar-refractivity contribution is -0.131. The third-order valence-electron chi connectivity index (χ3n) is 6.90. The van der Waals surface area contributed by atoms with Gasteiger partial charge in [0.15, 0.2) is 0 Å². The van der Waals surface area contributed by atoms with Gasteiger partial charge in [0.25, 0.3) is 0 Å². The molecule has 200 valence electrons. The van der Waals surface area contributed by atoms with E-state index >= 15 is 0 Å². The molecule has 1 aliphatic heterocycles. The molecule has 0 bridgehead atoms. The Morgan fingerprint density at radius 3 is 2.05 bits per heavy atom. The van der Waals surface area contributed by atoms with Crippen molar-refractivity contribution in [2.45, 2.75) is 18.9 Å². The van der Waals surface area contributed by atoms with E-state index in [9.17, 15) is 9.59 Å². The van der Waals surface area contributed by atoms with E-state index in [-0.39, 0.29) is 25.0 Å². The highest BCUT2D eigenvalue weighted by Crippen LogP contribution is 2.29. The molecule has 0 spiro atoms. The number of likely N-dealkylation sites (tertiary alicyclic amines) is 1. The maximum absolute atomic E-state index is 13.6. The normalized spacial score (nSPS) is 14.3. The molecule has 0 unspecified atom stereocenters. The molecule has 1 atom stereocenters. The van der Waals surface area contributed by atoms with Crippen molar-refractivity contribution in [3.8, 4) is 11.1 Å². The van der Waals surface area contributed by atoms with Crippen LogP contribution in [0.2, 0.25) is 15.1 Å². The molecular weight excluding hydrogens is 543 g/mol. The number of nitrogens with zero attached hydrogens (tertiary/aromatic N) is 3. The summed E-state index contributed by atoms with van der Waals surface area (Å²) in [7, 11) is 1.81. The van der Waals surface area contributed by atoms with Crippen LogP contribution in [0.15, 0.2) is 66.7 Å². The van der Waals surface area contributed by atoms with E-state index in [0.717, 1.165) is 49.2 Å². The van der Waals surface area contributed by atoms with E-state index in [1.165, 1.54) is 0 Å². The monoisotopic (exact) mass is 572 g/mol. The Morgan fingerprint density at radius 1 is 0.868 bits per heavy atom. The van der Waals surface area contributed by atoms with Crippen LogP contribution in [0.5, 0.6) is 0 Å². The fourth-order valence-corrected chi connectivity index (χ4v) is 5.18. The molecular formula is C29H31Cl3N4O2. The average Bonchev–Trinajstić information content (AvgIpc) is 3.42. The van der Waals surface area contributed by atoms with Crippen molar-refractivity contribution in [2.24, 2.45) is 5.73 Å². The van der Waals surface area contributed by atoms with Gasteiger partial charge in [0.05, 0.1) is 29.2 Å². The number of benzene rings is 3. The van der Waals surface area contributed by atoms with E-state index in [2.05, 4.69) is 29.2 Å². The van der Waals surface area contributed by atoms with Gasteiger partial charge in [0, 0.05) is 24.3 Å². The molecule has 4 rings (SSSR count). The molecule has 2 amide bonds. The van der Waals surface area contributed by atoms with E-state index in [0.29, 0.717) is 20.8 Å². The number of primary amides is 1. The summed E-state index contributed by atoms with van der Waals surface area (Å²) in [5, 5.41) is 1.43. The summed E-state index contributed by atoms with van der Waals surface area (Å²) >= 11 is 18.3. The van der Waals surface area contributed by atoms with Crippen LogP contribution in [0, 0.1) is 0 Å². The van der Waals surface area contributed by atoms with Crippen molar-refractivity contribution in [1.82, 2.24) is 9.80 Å². The number of nitrogens with two attached hydrogens (primary N) is 1. The molecule has 0 saturated carbocycles. The third-order valence-corrected chi connectivity index (χ3v) is 7.90. The largest absolute Gasteiger partial charge is 0.368 e. The second kappa shape index (κ2) is 12.9. The molecule has 0 aliphatic carbocycles. The van der Waals surface area contributed by atoms with Crippen LogP contribution >= 0.6 is 34.8 Å². The van der Waals surface area contributed by atoms with Crippen molar-refractivity contribution in [1.29, 1.82) is 0 Å². The van der Waals surface area contributed by atoms with Crippen molar-refractivity contribution in [2.75, 3.05) is 44.7 Å². The summed E-state index contributed by atoms with van der Waals surface area (Å²) in [6.45, 7) is 2.60. The first kappa shape index (κ1) is 28.2. The van der Waals surface area contributed by atoms with E-state index in [1.807, 2.05) is 31.3 Å². The quantitative estimate of drug-likeness (QED) is 0.328. The molecule has 1 aliphatic rings. The Hall–Kier alpha value is -2.77. The second-order valence-corrected chi connectivity index (χ2v) is 10.8.